The van der Waals surface area contributed by atoms with E-state index in [0.29, 0.717) is 5.92 Å². The van der Waals surface area contributed by atoms with Crippen molar-refractivity contribution in [2.45, 2.75) is 67.2 Å². The molecule has 0 fully saturated rings. The van der Waals surface area contributed by atoms with Gasteiger partial charge in [-0.05, 0) is 69.0 Å². The Balaban J connectivity index is 1.82. The lowest BCUT2D eigenvalue weighted by Crippen LogP contribution is -2.65. The van der Waals surface area contributed by atoms with E-state index in [4.69, 9.17) is 9.31 Å². The average molecular weight is 416 g/mol. The number of hydrogen-bond donors (Lipinski definition) is 0. The quantitative estimate of drug-likeness (QED) is 0.540. The fourth-order valence-electron chi connectivity index (χ4n) is 5.99. The maximum absolute atomic E-state index is 6.77. The van der Waals surface area contributed by atoms with Gasteiger partial charge in [0.25, 0.3) is 0 Å². The van der Waals surface area contributed by atoms with Crippen molar-refractivity contribution in [2.75, 3.05) is 0 Å². The summed E-state index contributed by atoms with van der Waals surface area (Å²) in [5.41, 5.74) is 9.01. The van der Waals surface area contributed by atoms with Crippen LogP contribution in [0.15, 0.2) is 47.7 Å². The van der Waals surface area contributed by atoms with E-state index in [2.05, 4.69) is 62.6 Å². The van der Waals surface area contributed by atoms with E-state index in [0.717, 1.165) is 17.9 Å². The molecule has 5 rings (SSSR count). The van der Waals surface area contributed by atoms with Gasteiger partial charge in [-0.15, -0.1) is 0 Å². The van der Waals surface area contributed by atoms with Gasteiger partial charge in [0.1, 0.15) is 17.2 Å². The number of unbranched alkanes of at least 4 members (excludes halogenated alkanes) is 1. The van der Waals surface area contributed by atoms with Crippen LogP contribution in [0.4, 0.5) is 0 Å². The molecule has 0 aliphatic carbocycles. The van der Waals surface area contributed by atoms with Gasteiger partial charge in [0.2, 0.25) is 0 Å². The van der Waals surface area contributed by atoms with Gasteiger partial charge in [0, 0.05) is 29.8 Å². The largest absolute Gasteiger partial charge is 0.780 e. The molecule has 0 radical (unpaired) electrons. The lowest BCUT2D eigenvalue weighted by molar-refractivity contribution is -0.370. The minimum absolute atomic E-state index is 0.510. The molecule has 162 valence electrons. The highest BCUT2D eigenvalue weighted by Gasteiger charge is 2.62. The van der Waals surface area contributed by atoms with Crippen molar-refractivity contribution in [3.05, 3.63) is 64.6 Å². The Labute approximate surface area is 185 Å². The Kier molecular flexibility index (Phi) is 4.69. The summed E-state index contributed by atoms with van der Waals surface area (Å²) in [7, 11) is 0. The molecule has 1 unspecified atom stereocenters. The predicted molar refractivity (Wildman–Crippen MR) is 128 cm³/mol. The molecule has 4 nitrogen and oxygen atoms in total. The van der Waals surface area contributed by atoms with Crippen LogP contribution in [-0.4, -0.2) is 21.5 Å². The lowest BCUT2D eigenvalue weighted by Gasteiger charge is -2.40. The zero-order valence-electron chi connectivity index (χ0n) is 19.7. The number of benzene rings is 1. The monoisotopic (exact) mass is 416 g/mol. The number of rotatable bonds is 5. The number of nitrogens with zero attached hydrogens (tertiary/aromatic N) is 2. The van der Waals surface area contributed by atoms with E-state index in [1.807, 2.05) is 24.3 Å². The molecule has 4 heterocycles. The standard InChI is InChI=1S/C26H33BN2O2/c1-7-9-12-21(8-2)24-25-17(3)15-19(5)28(25)27(29-20(6)16-18(4)26(24)29)30-22-13-10-11-14-23(22)31-27/h10-11,13-16,21H,7-9,12H2,1-6H3. The highest BCUT2D eigenvalue weighted by atomic mass is 16.7. The van der Waals surface area contributed by atoms with Crippen LogP contribution in [0.1, 0.15) is 70.3 Å². The molecular weight excluding hydrogens is 383 g/mol. The normalized spacial score (nSPS) is 19.1. The van der Waals surface area contributed by atoms with Crippen LogP contribution in [-0.2, 0) is 0 Å². The Morgan fingerprint density at radius 3 is 2.32 bits per heavy atom. The summed E-state index contributed by atoms with van der Waals surface area (Å²) in [6.07, 6.45) is 7.09. The van der Waals surface area contributed by atoms with Gasteiger partial charge in [0.05, 0.1) is 0 Å². The minimum atomic E-state index is -1.95. The van der Waals surface area contributed by atoms with E-state index < -0.39 is 6.82 Å². The Hall–Kier alpha value is -2.69. The third kappa shape index (κ3) is 2.71. The SMILES string of the molecule is CCCCC(CC)C1=C2C(C)=CC(C)=[N+]2[B-]2(Oc3ccccc3O2)n2c(C)cc(C)c21. The first-order chi connectivity index (χ1) is 14.9. The molecule has 0 bridgehead atoms. The molecule has 0 saturated heterocycles. The van der Waals surface area contributed by atoms with Crippen LogP contribution < -0.4 is 9.31 Å². The fraction of sp³-hybridized carbons (Fsp3) is 0.423. The smallest absolute Gasteiger partial charge is 0.599 e. The molecule has 2 aromatic rings. The summed E-state index contributed by atoms with van der Waals surface area (Å²) >= 11 is 0. The summed E-state index contributed by atoms with van der Waals surface area (Å²) < 4.78 is 18.3. The summed E-state index contributed by atoms with van der Waals surface area (Å²) in [5.74, 6) is 2.14. The molecule has 1 aromatic carbocycles. The van der Waals surface area contributed by atoms with E-state index in [-0.39, 0.29) is 0 Å². The second-order valence-corrected chi connectivity index (χ2v) is 9.35. The predicted octanol–water partition coefficient (Wildman–Crippen LogP) is 6.23. The third-order valence-electron chi connectivity index (χ3n) is 7.22. The number of allylic oxidation sites excluding steroid dienone is 3. The summed E-state index contributed by atoms with van der Waals surface area (Å²) in [6.45, 7) is 11.5. The highest BCUT2D eigenvalue weighted by Crippen LogP contribution is 2.49. The van der Waals surface area contributed by atoms with Crippen LogP contribution in [0.2, 0.25) is 0 Å². The number of para-hydroxylation sites is 2. The maximum Gasteiger partial charge on any atom is 0.780 e. The average Bonchev–Trinajstić information content (AvgIpc) is 3.36. The molecule has 1 atom stereocenters. The van der Waals surface area contributed by atoms with Crippen molar-refractivity contribution in [1.82, 2.24) is 4.48 Å². The maximum atomic E-state index is 6.77. The third-order valence-corrected chi connectivity index (χ3v) is 7.22. The molecule has 3 aliphatic rings. The van der Waals surface area contributed by atoms with Crippen LogP contribution >= 0.6 is 0 Å². The molecule has 5 heteroatoms. The van der Waals surface area contributed by atoms with Gasteiger partial charge in [-0.1, -0.05) is 38.8 Å². The van der Waals surface area contributed by atoms with Crippen LogP contribution in [0.5, 0.6) is 11.5 Å². The van der Waals surface area contributed by atoms with Crippen molar-refractivity contribution in [3.8, 4) is 11.5 Å². The Morgan fingerprint density at radius 1 is 1.03 bits per heavy atom. The molecule has 31 heavy (non-hydrogen) atoms. The van der Waals surface area contributed by atoms with Crippen LogP contribution in [0.25, 0.3) is 5.57 Å². The summed E-state index contributed by atoms with van der Waals surface area (Å²) in [4.78, 5) is 0. The number of aromatic nitrogens is 1. The second kappa shape index (κ2) is 7.18. The first kappa shape index (κ1) is 20.2. The molecule has 1 aromatic heterocycles. The molecule has 0 amide bonds. The van der Waals surface area contributed by atoms with Crippen molar-refractivity contribution in [2.24, 2.45) is 5.92 Å². The van der Waals surface area contributed by atoms with Crippen molar-refractivity contribution >= 4 is 18.1 Å². The van der Waals surface area contributed by atoms with E-state index in [1.54, 1.807) is 0 Å². The van der Waals surface area contributed by atoms with E-state index >= 15 is 0 Å². The summed E-state index contributed by atoms with van der Waals surface area (Å²) in [5, 5.41) is 0. The molecule has 1 spiro atoms. The lowest BCUT2D eigenvalue weighted by atomic mass is 9.75. The Bertz CT molecular complexity index is 1140. The molecular formula is C26H33BN2O2. The summed E-state index contributed by atoms with van der Waals surface area (Å²) in [6, 6.07) is 10.3. The van der Waals surface area contributed by atoms with Crippen molar-refractivity contribution in [1.29, 1.82) is 0 Å². The van der Waals surface area contributed by atoms with Crippen LogP contribution in [0, 0.1) is 19.8 Å². The van der Waals surface area contributed by atoms with Crippen molar-refractivity contribution in [3.63, 3.8) is 0 Å². The van der Waals surface area contributed by atoms with E-state index in [1.165, 1.54) is 58.8 Å². The first-order valence-corrected chi connectivity index (χ1v) is 11.8. The van der Waals surface area contributed by atoms with Crippen LogP contribution in [0.3, 0.4) is 0 Å². The van der Waals surface area contributed by atoms with Crippen molar-refractivity contribution < 1.29 is 13.8 Å². The molecule has 3 aliphatic heterocycles. The van der Waals surface area contributed by atoms with Gasteiger partial charge in [-0.3, -0.25) is 0 Å². The van der Waals surface area contributed by atoms with Gasteiger partial charge in [-0.2, -0.15) is 0 Å². The topological polar surface area (TPSA) is 26.4 Å². The number of hydrogen-bond acceptors (Lipinski definition) is 2. The second-order valence-electron chi connectivity index (χ2n) is 9.35. The highest BCUT2D eigenvalue weighted by molar-refractivity contribution is 6.62. The fourth-order valence-corrected chi connectivity index (χ4v) is 5.99. The van der Waals surface area contributed by atoms with Gasteiger partial charge in [0.15, 0.2) is 5.70 Å². The minimum Gasteiger partial charge on any atom is -0.599 e. The van der Waals surface area contributed by atoms with E-state index in [9.17, 15) is 0 Å². The van der Waals surface area contributed by atoms with Gasteiger partial charge < -0.3 is 18.3 Å². The molecule has 0 saturated carbocycles. The van der Waals surface area contributed by atoms with Gasteiger partial charge in [-0.25, -0.2) is 0 Å². The number of fused-ring (bicyclic) bond motifs is 5. The first-order valence-electron chi connectivity index (χ1n) is 11.8. The number of aryl methyl sites for hydroxylation is 2. The molecule has 0 N–H and O–H groups in total. The van der Waals surface area contributed by atoms with Gasteiger partial charge >= 0.3 is 6.82 Å². The zero-order valence-corrected chi connectivity index (χ0v) is 19.7. The Morgan fingerprint density at radius 2 is 1.71 bits per heavy atom. The zero-order chi connectivity index (χ0) is 21.9.